The third-order valence-corrected chi connectivity index (χ3v) is 4.09. The SMILES string of the molecule is Cc1ccc(NC(=O)c2nc(C(=O)NC(C)(C)C)n3ccccc23)c(C)c1. The number of anilines is 1. The molecule has 0 unspecified atom stereocenters. The monoisotopic (exact) mass is 364 g/mol. The number of nitrogens with one attached hydrogen (secondary N) is 2. The number of benzene rings is 1. The molecule has 3 rings (SSSR count). The van der Waals surface area contributed by atoms with E-state index in [1.807, 2.05) is 58.9 Å². The van der Waals surface area contributed by atoms with Crippen molar-refractivity contribution in [2.75, 3.05) is 5.32 Å². The zero-order chi connectivity index (χ0) is 19.8. The van der Waals surface area contributed by atoms with E-state index in [0.717, 1.165) is 16.8 Å². The number of imidazole rings is 1. The van der Waals surface area contributed by atoms with Crippen LogP contribution >= 0.6 is 0 Å². The summed E-state index contributed by atoms with van der Waals surface area (Å²) in [6.45, 7) is 9.63. The Kier molecular flexibility index (Phi) is 4.74. The molecule has 27 heavy (non-hydrogen) atoms. The Hall–Kier alpha value is -3.15. The third kappa shape index (κ3) is 4.00. The predicted molar refractivity (Wildman–Crippen MR) is 106 cm³/mol. The Labute approximate surface area is 158 Å². The molecule has 2 amide bonds. The average Bonchev–Trinajstić information content (AvgIpc) is 2.96. The number of amides is 2. The summed E-state index contributed by atoms with van der Waals surface area (Å²) in [7, 11) is 0. The van der Waals surface area contributed by atoms with Crippen LogP contribution in [0, 0.1) is 13.8 Å². The molecule has 0 bridgehead atoms. The molecule has 2 N–H and O–H groups in total. The lowest BCUT2D eigenvalue weighted by Crippen LogP contribution is -2.41. The van der Waals surface area contributed by atoms with Gasteiger partial charge in [-0.05, 0) is 58.4 Å². The van der Waals surface area contributed by atoms with Crippen molar-refractivity contribution in [3.63, 3.8) is 0 Å². The zero-order valence-electron chi connectivity index (χ0n) is 16.3. The molecule has 6 nitrogen and oxygen atoms in total. The number of carbonyl (C=O) groups excluding carboxylic acids is 2. The van der Waals surface area contributed by atoms with E-state index in [1.165, 1.54) is 0 Å². The quantitative estimate of drug-likeness (QED) is 0.743. The number of carbonyl (C=O) groups is 2. The van der Waals surface area contributed by atoms with Crippen LogP contribution in [-0.2, 0) is 0 Å². The van der Waals surface area contributed by atoms with E-state index in [9.17, 15) is 9.59 Å². The molecule has 0 fully saturated rings. The van der Waals surface area contributed by atoms with Crippen molar-refractivity contribution in [1.82, 2.24) is 14.7 Å². The van der Waals surface area contributed by atoms with E-state index >= 15 is 0 Å². The number of nitrogens with zero attached hydrogens (tertiary/aromatic N) is 2. The van der Waals surface area contributed by atoms with Gasteiger partial charge in [-0.3, -0.25) is 14.0 Å². The highest BCUT2D eigenvalue weighted by Gasteiger charge is 2.24. The first kappa shape index (κ1) is 18.6. The van der Waals surface area contributed by atoms with E-state index in [2.05, 4.69) is 15.6 Å². The minimum absolute atomic E-state index is 0.186. The van der Waals surface area contributed by atoms with Gasteiger partial charge < -0.3 is 10.6 Å². The molecule has 0 radical (unpaired) electrons. The van der Waals surface area contributed by atoms with Crippen LogP contribution in [0.4, 0.5) is 5.69 Å². The van der Waals surface area contributed by atoms with Crippen LogP contribution in [0.15, 0.2) is 42.6 Å². The van der Waals surface area contributed by atoms with Crippen LogP contribution in [0.2, 0.25) is 0 Å². The Morgan fingerprint density at radius 1 is 1.04 bits per heavy atom. The molecular formula is C21H24N4O2. The van der Waals surface area contributed by atoms with E-state index in [4.69, 9.17) is 0 Å². The highest BCUT2D eigenvalue weighted by atomic mass is 16.2. The Morgan fingerprint density at radius 2 is 1.78 bits per heavy atom. The number of rotatable bonds is 3. The lowest BCUT2D eigenvalue weighted by atomic mass is 10.1. The summed E-state index contributed by atoms with van der Waals surface area (Å²) in [4.78, 5) is 29.9. The minimum atomic E-state index is -0.404. The first-order valence-corrected chi connectivity index (χ1v) is 8.84. The molecule has 0 aliphatic rings. The van der Waals surface area contributed by atoms with Gasteiger partial charge in [0.15, 0.2) is 5.69 Å². The van der Waals surface area contributed by atoms with Crippen LogP contribution < -0.4 is 10.6 Å². The number of fused-ring (bicyclic) bond motifs is 1. The fourth-order valence-corrected chi connectivity index (χ4v) is 2.90. The van der Waals surface area contributed by atoms with Crippen LogP contribution in [0.3, 0.4) is 0 Å². The second-order valence-corrected chi connectivity index (χ2v) is 7.72. The van der Waals surface area contributed by atoms with Gasteiger partial charge in [-0.2, -0.15) is 0 Å². The summed E-state index contributed by atoms with van der Waals surface area (Å²) in [5, 5.41) is 5.79. The highest BCUT2D eigenvalue weighted by molar-refractivity contribution is 6.09. The first-order chi connectivity index (χ1) is 12.7. The molecule has 0 aliphatic heterocycles. The molecule has 0 atom stereocenters. The fraction of sp³-hybridized carbons (Fsp3) is 0.286. The van der Waals surface area contributed by atoms with Gasteiger partial charge in [0.25, 0.3) is 11.8 Å². The normalized spacial score (nSPS) is 11.4. The van der Waals surface area contributed by atoms with Crippen molar-refractivity contribution in [3.8, 4) is 0 Å². The van der Waals surface area contributed by atoms with Gasteiger partial charge in [-0.25, -0.2) is 4.98 Å². The molecule has 140 valence electrons. The van der Waals surface area contributed by atoms with Crippen LogP contribution in [0.5, 0.6) is 0 Å². The van der Waals surface area contributed by atoms with Gasteiger partial charge in [0, 0.05) is 17.4 Å². The van der Waals surface area contributed by atoms with Crippen molar-refractivity contribution in [2.45, 2.75) is 40.2 Å². The van der Waals surface area contributed by atoms with Gasteiger partial charge >= 0.3 is 0 Å². The third-order valence-electron chi connectivity index (χ3n) is 4.09. The van der Waals surface area contributed by atoms with Crippen LogP contribution in [-0.4, -0.2) is 26.7 Å². The standard InChI is InChI=1S/C21H24N4O2/c1-13-9-10-15(14(2)12-13)22-19(26)17-16-8-6-7-11-25(16)18(23-17)20(27)24-21(3,4)5/h6-12H,1-5H3,(H,22,26)(H,24,27). The first-order valence-electron chi connectivity index (χ1n) is 8.84. The van der Waals surface area contributed by atoms with Crippen molar-refractivity contribution >= 4 is 23.0 Å². The van der Waals surface area contributed by atoms with E-state index in [0.29, 0.717) is 5.52 Å². The molecule has 3 aromatic rings. The number of aromatic nitrogens is 2. The van der Waals surface area contributed by atoms with Gasteiger partial charge in [-0.15, -0.1) is 0 Å². The van der Waals surface area contributed by atoms with Crippen molar-refractivity contribution in [3.05, 3.63) is 65.2 Å². The Balaban J connectivity index is 1.99. The number of hydrogen-bond acceptors (Lipinski definition) is 3. The van der Waals surface area contributed by atoms with Crippen LogP contribution in [0.1, 0.15) is 53.0 Å². The van der Waals surface area contributed by atoms with Gasteiger partial charge in [0.2, 0.25) is 5.82 Å². The predicted octanol–water partition coefficient (Wildman–Crippen LogP) is 3.73. The summed E-state index contributed by atoms with van der Waals surface area (Å²) in [6.07, 6.45) is 1.73. The van der Waals surface area contributed by atoms with E-state index in [1.54, 1.807) is 22.7 Å². The van der Waals surface area contributed by atoms with E-state index < -0.39 is 5.54 Å². The molecule has 0 spiro atoms. The lowest BCUT2D eigenvalue weighted by molar-refractivity contribution is 0.0908. The summed E-state index contributed by atoms with van der Waals surface area (Å²) >= 11 is 0. The maximum Gasteiger partial charge on any atom is 0.288 e. The highest BCUT2D eigenvalue weighted by Crippen LogP contribution is 2.19. The van der Waals surface area contributed by atoms with Crippen molar-refractivity contribution < 1.29 is 9.59 Å². The van der Waals surface area contributed by atoms with Crippen LogP contribution in [0.25, 0.3) is 5.52 Å². The Bertz CT molecular complexity index is 1030. The summed E-state index contributed by atoms with van der Waals surface area (Å²) in [6, 6.07) is 11.2. The maximum absolute atomic E-state index is 12.9. The molecule has 0 saturated carbocycles. The van der Waals surface area contributed by atoms with Gasteiger partial charge in [0.05, 0.1) is 5.52 Å². The largest absolute Gasteiger partial charge is 0.345 e. The maximum atomic E-state index is 12.9. The van der Waals surface area contributed by atoms with Gasteiger partial charge in [0.1, 0.15) is 0 Å². The lowest BCUT2D eigenvalue weighted by Gasteiger charge is -2.19. The number of hydrogen-bond donors (Lipinski definition) is 2. The smallest absolute Gasteiger partial charge is 0.288 e. The topological polar surface area (TPSA) is 75.5 Å². The molecule has 6 heteroatoms. The van der Waals surface area contributed by atoms with Crippen molar-refractivity contribution in [1.29, 1.82) is 0 Å². The average molecular weight is 364 g/mol. The fourth-order valence-electron chi connectivity index (χ4n) is 2.90. The minimum Gasteiger partial charge on any atom is -0.345 e. The Morgan fingerprint density at radius 3 is 2.44 bits per heavy atom. The summed E-state index contributed by atoms with van der Waals surface area (Å²) in [5.41, 5.74) is 3.22. The second-order valence-electron chi connectivity index (χ2n) is 7.72. The molecule has 2 aromatic heterocycles. The summed E-state index contributed by atoms with van der Waals surface area (Å²) in [5.74, 6) is -0.485. The molecule has 0 aliphatic carbocycles. The molecular weight excluding hydrogens is 340 g/mol. The zero-order valence-corrected chi connectivity index (χ0v) is 16.3. The second kappa shape index (κ2) is 6.87. The van der Waals surface area contributed by atoms with Crippen molar-refractivity contribution in [2.24, 2.45) is 0 Å². The molecule has 1 aromatic carbocycles. The van der Waals surface area contributed by atoms with E-state index in [-0.39, 0.29) is 23.3 Å². The number of aryl methyl sites for hydroxylation is 2. The molecule has 2 heterocycles. The van der Waals surface area contributed by atoms with Gasteiger partial charge in [-0.1, -0.05) is 23.8 Å². The number of pyridine rings is 1. The molecule has 0 saturated heterocycles. The summed E-state index contributed by atoms with van der Waals surface area (Å²) < 4.78 is 1.64.